The van der Waals surface area contributed by atoms with Gasteiger partial charge in [0.15, 0.2) is 17.3 Å². The molecule has 7 nitrogen and oxygen atoms in total. The van der Waals surface area contributed by atoms with Gasteiger partial charge in [-0.2, -0.15) is 4.98 Å². The van der Waals surface area contributed by atoms with Crippen molar-refractivity contribution in [3.05, 3.63) is 35.5 Å². The van der Waals surface area contributed by atoms with Gasteiger partial charge in [-0.25, -0.2) is 0 Å². The molecule has 156 valence electrons. The Balaban J connectivity index is 1.71. The molecule has 1 aliphatic heterocycles. The van der Waals surface area contributed by atoms with Crippen molar-refractivity contribution < 1.29 is 18.8 Å². The molecule has 1 aliphatic carbocycles. The zero-order chi connectivity index (χ0) is 20.4. The van der Waals surface area contributed by atoms with Crippen molar-refractivity contribution in [3.63, 3.8) is 0 Å². The van der Waals surface area contributed by atoms with Gasteiger partial charge in [0.1, 0.15) is 6.04 Å². The molecule has 2 fully saturated rings. The SMILES string of the molecule is COc1ccc(C2(C(=O)N3CCCC[C@@H]3c3nc(C)no3)CCCC2)cc1OC. The zero-order valence-corrected chi connectivity index (χ0v) is 17.4. The number of rotatable bonds is 5. The summed E-state index contributed by atoms with van der Waals surface area (Å²) >= 11 is 0. The number of aryl methyl sites for hydroxylation is 1. The van der Waals surface area contributed by atoms with Crippen LogP contribution in [0, 0.1) is 6.92 Å². The van der Waals surface area contributed by atoms with E-state index in [2.05, 4.69) is 10.1 Å². The second-order valence-electron chi connectivity index (χ2n) is 8.05. The van der Waals surface area contributed by atoms with E-state index in [-0.39, 0.29) is 11.9 Å². The Kier molecular flexibility index (Phi) is 5.48. The van der Waals surface area contributed by atoms with E-state index >= 15 is 0 Å². The predicted octanol–water partition coefficient (Wildman–Crippen LogP) is 3.96. The Hall–Kier alpha value is -2.57. The number of benzene rings is 1. The molecule has 2 aromatic rings. The van der Waals surface area contributed by atoms with Gasteiger partial charge >= 0.3 is 0 Å². The number of ether oxygens (including phenoxy) is 2. The van der Waals surface area contributed by atoms with E-state index in [9.17, 15) is 4.79 Å². The monoisotopic (exact) mass is 399 g/mol. The molecule has 0 bridgehead atoms. The second-order valence-corrected chi connectivity index (χ2v) is 8.05. The lowest BCUT2D eigenvalue weighted by molar-refractivity contribution is -0.142. The van der Waals surface area contributed by atoms with Gasteiger partial charge in [-0.05, 0) is 56.7 Å². The number of methoxy groups -OCH3 is 2. The molecule has 0 radical (unpaired) electrons. The number of likely N-dealkylation sites (tertiary alicyclic amines) is 1. The van der Waals surface area contributed by atoms with E-state index in [1.165, 1.54) is 0 Å². The summed E-state index contributed by atoms with van der Waals surface area (Å²) in [7, 11) is 3.25. The van der Waals surface area contributed by atoms with Crippen LogP contribution in [0.5, 0.6) is 11.5 Å². The number of carbonyl (C=O) groups is 1. The van der Waals surface area contributed by atoms with Crippen LogP contribution in [0.15, 0.2) is 22.7 Å². The fourth-order valence-electron chi connectivity index (χ4n) is 4.89. The molecule has 0 N–H and O–H groups in total. The maximum atomic E-state index is 14.0. The predicted molar refractivity (Wildman–Crippen MR) is 107 cm³/mol. The minimum Gasteiger partial charge on any atom is -0.493 e. The molecule has 7 heteroatoms. The van der Waals surface area contributed by atoms with Crippen LogP contribution in [0.2, 0.25) is 0 Å². The van der Waals surface area contributed by atoms with Crippen molar-refractivity contribution in [3.8, 4) is 11.5 Å². The summed E-state index contributed by atoms with van der Waals surface area (Å²) in [5.41, 5.74) is 0.466. The van der Waals surface area contributed by atoms with Gasteiger partial charge in [-0.1, -0.05) is 24.1 Å². The minimum atomic E-state index is -0.537. The highest BCUT2D eigenvalue weighted by Gasteiger charge is 2.48. The number of nitrogens with zero attached hydrogens (tertiary/aromatic N) is 3. The Labute approximate surface area is 171 Å². The fourth-order valence-corrected chi connectivity index (χ4v) is 4.89. The number of carbonyl (C=O) groups excluding carboxylic acids is 1. The van der Waals surface area contributed by atoms with E-state index in [4.69, 9.17) is 14.0 Å². The van der Waals surface area contributed by atoms with E-state index in [1.54, 1.807) is 14.2 Å². The molecule has 0 unspecified atom stereocenters. The summed E-state index contributed by atoms with van der Waals surface area (Å²) in [5, 5.41) is 3.95. The average molecular weight is 399 g/mol. The Bertz CT molecular complexity index is 873. The Morgan fingerprint density at radius 2 is 1.90 bits per heavy atom. The van der Waals surface area contributed by atoms with E-state index in [0.717, 1.165) is 57.1 Å². The first kappa shape index (κ1) is 19.7. The number of amides is 1. The summed E-state index contributed by atoms with van der Waals surface area (Å²) in [6.45, 7) is 2.53. The number of aromatic nitrogens is 2. The lowest BCUT2D eigenvalue weighted by atomic mass is 9.76. The molecule has 1 aromatic carbocycles. The first-order valence-electron chi connectivity index (χ1n) is 10.4. The van der Waals surface area contributed by atoms with Crippen molar-refractivity contribution >= 4 is 5.91 Å². The van der Waals surface area contributed by atoms with Gasteiger partial charge in [0.2, 0.25) is 11.8 Å². The molecular weight excluding hydrogens is 370 g/mol. The fraction of sp³-hybridized carbons (Fsp3) is 0.591. The molecule has 1 aromatic heterocycles. The third-order valence-electron chi connectivity index (χ3n) is 6.39. The highest BCUT2D eigenvalue weighted by atomic mass is 16.5. The molecule has 29 heavy (non-hydrogen) atoms. The molecule has 1 amide bonds. The van der Waals surface area contributed by atoms with Crippen molar-refractivity contribution in [2.45, 2.75) is 63.3 Å². The van der Waals surface area contributed by atoms with Gasteiger partial charge in [0.25, 0.3) is 0 Å². The highest BCUT2D eigenvalue weighted by Crippen LogP contribution is 2.47. The minimum absolute atomic E-state index is 0.143. The number of hydrogen-bond donors (Lipinski definition) is 0. The normalized spacial score (nSPS) is 21.2. The first-order valence-corrected chi connectivity index (χ1v) is 10.4. The first-order chi connectivity index (χ1) is 14.1. The Morgan fingerprint density at radius 3 is 2.55 bits per heavy atom. The summed E-state index contributed by atoms with van der Waals surface area (Å²) < 4.78 is 16.4. The van der Waals surface area contributed by atoms with Crippen LogP contribution in [-0.4, -0.2) is 41.7 Å². The standard InChI is InChI=1S/C22H29N3O4/c1-15-23-20(29-24-15)17-8-4-7-13-25(17)21(26)22(11-5-6-12-22)16-9-10-18(27-2)19(14-16)28-3/h9-10,14,17H,4-8,11-13H2,1-3H3/t17-/m1/s1. The molecular formula is C22H29N3O4. The van der Waals surface area contributed by atoms with Crippen molar-refractivity contribution in [2.24, 2.45) is 0 Å². The topological polar surface area (TPSA) is 77.7 Å². The van der Waals surface area contributed by atoms with E-state index in [0.29, 0.717) is 23.2 Å². The van der Waals surface area contributed by atoms with Crippen LogP contribution in [0.4, 0.5) is 0 Å². The van der Waals surface area contributed by atoms with Crippen molar-refractivity contribution in [1.29, 1.82) is 0 Å². The molecule has 0 spiro atoms. The second kappa shape index (κ2) is 8.05. The van der Waals surface area contributed by atoms with Gasteiger partial charge in [-0.3, -0.25) is 4.79 Å². The van der Waals surface area contributed by atoms with Gasteiger partial charge < -0.3 is 18.9 Å². The van der Waals surface area contributed by atoms with Gasteiger partial charge in [0, 0.05) is 6.54 Å². The van der Waals surface area contributed by atoms with Crippen LogP contribution >= 0.6 is 0 Å². The molecule has 1 saturated heterocycles. The highest BCUT2D eigenvalue weighted by molar-refractivity contribution is 5.89. The summed E-state index contributed by atoms with van der Waals surface area (Å²) in [5.74, 6) is 2.66. The van der Waals surface area contributed by atoms with E-state index in [1.807, 2.05) is 30.0 Å². The molecule has 1 atom stereocenters. The third-order valence-corrected chi connectivity index (χ3v) is 6.39. The van der Waals surface area contributed by atoms with Crippen molar-refractivity contribution in [2.75, 3.05) is 20.8 Å². The molecule has 2 aliphatic rings. The smallest absolute Gasteiger partial charge is 0.249 e. The number of hydrogen-bond acceptors (Lipinski definition) is 6. The largest absolute Gasteiger partial charge is 0.493 e. The summed E-state index contributed by atoms with van der Waals surface area (Å²) in [4.78, 5) is 20.4. The average Bonchev–Trinajstić information content (AvgIpc) is 3.43. The van der Waals surface area contributed by atoms with Crippen LogP contribution in [0.25, 0.3) is 0 Å². The van der Waals surface area contributed by atoms with Crippen LogP contribution < -0.4 is 9.47 Å². The molecule has 1 saturated carbocycles. The van der Waals surface area contributed by atoms with Crippen LogP contribution in [0.3, 0.4) is 0 Å². The van der Waals surface area contributed by atoms with E-state index < -0.39 is 5.41 Å². The lowest BCUT2D eigenvalue weighted by Gasteiger charge is -2.40. The number of piperidine rings is 1. The zero-order valence-electron chi connectivity index (χ0n) is 17.4. The molecule has 4 rings (SSSR count). The van der Waals surface area contributed by atoms with Gasteiger partial charge in [-0.15, -0.1) is 0 Å². The third kappa shape index (κ3) is 3.47. The summed E-state index contributed by atoms with van der Waals surface area (Å²) in [6.07, 6.45) is 6.67. The lowest BCUT2D eigenvalue weighted by Crippen LogP contribution is -2.48. The Morgan fingerprint density at radius 1 is 1.14 bits per heavy atom. The maximum Gasteiger partial charge on any atom is 0.249 e. The quantitative estimate of drug-likeness (QED) is 0.757. The maximum absolute atomic E-state index is 14.0. The van der Waals surface area contributed by atoms with Gasteiger partial charge in [0.05, 0.1) is 19.6 Å². The summed E-state index contributed by atoms with van der Waals surface area (Å²) in [6, 6.07) is 5.74. The van der Waals surface area contributed by atoms with Crippen LogP contribution in [0.1, 0.15) is 68.3 Å². The van der Waals surface area contributed by atoms with Crippen molar-refractivity contribution in [1.82, 2.24) is 15.0 Å². The van der Waals surface area contributed by atoms with Crippen LogP contribution in [-0.2, 0) is 10.2 Å². The molecule has 2 heterocycles.